The lowest BCUT2D eigenvalue weighted by molar-refractivity contribution is -0.142. The lowest BCUT2D eigenvalue weighted by Gasteiger charge is -2.13. The van der Waals surface area contributed by atoms with E-state index < -0.39 is 17.9 Å². The highest BCUT2D eigenvalue weighted by molar-refractivity contribution is 5.84. The van der Waals surface area contributed by atoms with Crippen LogP contribution in [0.1, 0.15) is 84.0 Å². The van der Waals surface area contributed by atoms with Gasteiger partial charge in [0.05, 0.1) is 0 Å². The Bertz CT molecular complexity index is 690. The Kier molecular flexibility index (Phi) is 20.4. The normalized spacial score (nSPS) is 13.1. The third-order valence-corrected chi connectivity index (χ3v) is 4.75. The van der Waals surface area contributed by atoms with Crippen molar-refractivity contribution in [3.63, 3.8) is 0 Å². The Morgan fingerprint density at radius 2 is 1.27 bits per heavy atom. The van der Waals surface area contributed by atoms with Crippen molar-refractivity contribution >= 4 is 17.8 Å². The van der Waals surface area contributed by atoms with E-state index in [4.69, 9.17) is 10.8 Å². The van der Waals surface area contributed by atoms with Crippen molar-refractivity contribution in [3.8, 4) is 0 Å². The average molecular weight is 459 g/mol. The summed E-state index contributed by atoms with van der Waals surface area (Å²) in [6.45, 7) is 2.14. The monoisotopic (exact) mass is 458 g/mol. The molecule has 0 unspecified atom stereocenters. The molecule has 0 aliphatic rings. The molecule has 0 rings (SSSR count). The zero-order valence-corrected chi connectivity index (χ0v) is 20.1. The quantitative estimate of drug-likeness (QED) is 0.165. The van der Waals surface area contributed by atoms with Gasteiger partial charge in [0.15, 0.2) is 0 Å². The number of carbonyl (C=O) groups is 3. The van der Waals surface area contributed by atoms with E-state index in [-0.39, 0.29) is 25.2 Å². The molecule has 0 aliphatic heterocycles. The van der Waals surface area contributed by atoms with Crippen molar-refractivity contribution in [2.24, 2.45) is 5.73 Å². The molecule has 0 aromatic carbocycles. The van der Waals surface area contributed by atoms with E-state index in [1.807, 2.05) is 0 Å². The molecular weight excluding hydrogens is 416 g/mol. The molecule has 6 heteroatoms. The minimum Gasteiger partial charge on any atom is -0.480 e. The number of nitrogens with two attached hydrogens (primary N) is 1. The topological polar surface area (TPSA) is 109 Å². The van der Waals surface area contributed by atoms with Gasteiger partial charge in [-0.05, 0) is 57.8 Å². The minimum absolute atomic E-state index is 0.0144. The second-order valence-corrected chi connectivity index (χ2v) is 7.77. The van der Waals surface area contributed by atoms with Crippen LogP contribution < -0.4 is 11.1 Å². The lowest BCUT2D eigenvalue weighted by Crippen LogP contribution is -2.41. The van der Waals surface area contributed by atoms with E-state index >= 15 is 0 Å². The maximum absolute atomic E-state index is 11.9. The van der Waals surface area contributed by atoms with Crippen LogP contribution in [0.5, 0.6) is 0 Å². The summed E-state index contributed by atoms with van der Waals surface area (Å²) < 4.78 is 0. The summed E-state index contributed by atoms with van der Waals surface area (Å²) in [5.74, 6) is -2.03. The standard InChI is InChI=1S/C27H42N2O4/c1-2-3-4-5-6-7-8-9-10-11-12-13-14-15-16-17-18-19-20-21-26(31)29-24(27(32)33)22-23-25(28)30/h3-4,6-7,9-10,12-13,15-16,24H,2,5,8,11,14,17-23H2,1H3,(H2,28,30)(H,29,31)(H,32,33)/b4-3-,7-6-,10-9-,13-12-,16-15-/t24-/m0/s1. The predicted octanol–water partition coefficient (Wildman–Crippen LogP) is 5.52. The number of carboxylic acids is 1. The number of amides is 2. The number of unbranched alkanes of at least 4 members (excludes halogenated alkanes) is 3. The summed E-state index contributed by atoms with van der Waals surface area (Å²) in [4.78, 5) is 33.7. The summed E-state index contributed by atoms with van der Waals surface area (Å²) in [5.41, 5.74) is 5.03. The van der Waals surface area contributed by atoms with Crippen molar-refractivity contribution in [3.05, 3.63) is 60.8 Å². The van der Waals surface area contributed by atoms with Crippen molar-refractivity contribution in [1.82, 2.24) is 5.32 Å². The molecule has 0 saturated carbocycles. The van der Waals surface area contributed by atoms with Gasteiger partial charge >= 0.3 is 5.97 Å². The smallest absolute Gasteiger partial charge is 0.326 e. The van der Waals surface area contributed by atoms with E-state index in [0.717, 1.165) is 51.4 Å². The lowest BCUT2D eigenvalue weighted by atomic mass is 10.1. The Labute approximate surface area is 199 Å². The Hall–Kier alpha value is -2.89. The van der Waals surface area contributed by atoms with Crippen LogP contribution in [-0.2, 0) is 14.4 Å². The highest BCUT2D eigenvalue weighted by Crippen LogP contribution is 2.06. The maximum Gasteiger partial charge on any atom is 0.326 e. The van der Waals surface area contributed by atoms with Crippen molar-refractivity contribution < 1.29 is 19.5 Å². The molecule has 4 N–H and O–H groups in total. The van der Waals surface area contributed by atoms with Crippen LogP contribution in [0.15, 0.2) is 60.8 Å². The highest BCUT2D eigenvalue weighted by atomic mass is 16.4. The Balaban J connectivity index is 3.71. The molecule has 0 heterocycles. The molecule has 0 aromatic heterocycles. The van der Waals surface area contributed by atoms with Gasteiger partial charge in [-0.2, -0.15) is 0 Å². The van der Waals surface area contributed by atoms with Gasteiger partial charge in [-0.15, -0.1) is 0 Å². The molecule has 0 saturated heterocycles. The molecule has 33 heavy (non-hydrogen) atoms. The molecule has 0 aliphatic carbocycles. The van der Waals surface area contributed by atoms with E-state index in [1.165, 1.54) is 0 Å². The molecule has 6 nitrogen and oxygen atoms in total. The van der Waals surface area contributed by atoms with E-state index in [0.29, 0.717) is 6.42 Å². The Morgan fingerprint density at radius 1 is 0.758 bits per heavy atom. The van der Waals surface area contributed by atoms with Gasteiger partial charge in [-0.25, -0.2) is 4.79 Å². The fourth-order valence-electron chi connectivity index (χ4n) is 2.90. The predicted molar refractivity (Wildman–Crippen MR) is 136 cm³/mol. The molecule has 2 amide bonds. The number of primary amides is 1. The number of aliphatic carboxylic acids is 1. The number of carboxylic acid groups (broad SMARTS) is 1. The largest absolute Gasteiger partial charge is 0.480 e. The van der Waals surface area contributed by atoms with Gasteiger partial charge in [0, 0.05) is 12.8 Å². The highest BCUT2D eigenvalue weighted by Gasteiger charge is 2.20. The Morgan fingerprint density at radius 3 is 1.76 bits per heavy atom. The van der Waals surface area contributed by atoms with Gasteiger partial charge < -0.3 is 16.2 Å². The van der Waals surface area contributed by atoms with Crippen LogP contribution in [0.3, 0.4) is 0 Å². The van der Waals surface area contributed by atoms with E-state index in [9.17, 15) is 14.4 Å². The summed E-state index contributed by atoms with van der Waals surface area (Å²) >= 11 is 0. The molecule has 0 radical (unpaired) electrons. The number of nitrogens with one attached hydrogen (secondary N) is 1. The van der Waals surface area contributed by atoms with E-state index in [1.54, 1.807) is 0 Å². The van der Waals surface area contributed by atoms with Gasteiger partial charge in [0.2, 0.25) is 11.8 Å². The number of rotatable bonds is 20. The van der Waals surface area contributed by atoms with E-state index in [2.05, 4.69) is 73.0 Å². The molecule has 0 bridgehead atoms. The molecule has 0 spiro atoms. The zero-order valence-electron chi connectivity index (χ0n) is 20.1. The van der Waals surface area contributed by atoms with Gasteiger partial charge in [-0.3, -0.25) is 9.59 Å². The second kappa shape index (κ2) is 22.3. The van der Waals surface area contributed by atoms with Crippen LogP contribution in [0.2, 0.25) is 0 Å². The maximum atomic E-state index is 11.9. The fourth-order valence-corrected chi connectivity index (χ4v) is 2.90. The van der Waals surface area contributed by atoms with Crippen LogP contribution in [0.25, 0.3) is 0 Å². The SMILES string of the molecule is CC/C=C\C/C=C\C/C=C\C/C=C\C/C=C\CCCCCC(=O)N[C@@H](CCC(N)=O)C(=O)O. The summed E-state index contributed by atoms with van der Waals surface area (Å²) in [6, 6.07) is -1.06. The minimum atomic E-state index is -1.15. The van der Waals surface area contributed by atoms with Crippen LogP contribution >= 0.6 is 0 Å². The van der Waals surface area contributed by atoms with Crippen LogP contribution in [0, 0.1) is 0 Å². The summed E-state index contributed by atoms with van der Waals surface area (Å²) in [5, 5.41) is 11.5. The second-order valence-electron chi connectivity index (χ2n) is 7.77. The first-order valence-electron chi connectivity index (χ1n) is 12.0. The van der Waals surface area contributed by atoms with Crippen LogP contribution in [-0.4, -0.2) is 28.9 Å². The molecular formula is C27H42N2O4. The first kappa shape index (κ1) is 30.1. The summed E-state index contributed by atoms with van der Waals surface area (Å²) in [7, 11) is 0. The number of hydrogen-bond acceptors (Lipinski definition) is 3. The fraction of sp³-hybridized carbons (Fsp3) is 0.519. The molecule has 0 fully saturated rings. The van der Waals surface area contributed by atoms with Crippen LogP contribution in [0.4, 0.5) is 0 Å². The van der Waals surface area contributed by atoms with Crippen molar-refractivity contribution in [2.45, 2.75) is 90.0 Å². The third-order valence-electron chi connectivity index (χ3n) is 4.75. The molecule has 1 atom stereocenters. The average Bonchev–Trinajstić information content (AvgIpc) is 2.77. The first-order valence-corrected chi connectivity index (χ1v) is 12.0. The zero-order chi connectivity index (χ0) is 24.6. The molecule has 184 valence electrons. The van der Waals surface area contributed by atoms with Gasteiger partial charge in [-0.1, -0.05) is 74.1 Å². The van der Waals surface area contributed by atoms with Gasteiger partial charge in [0.1, 0.15) is 6.04 Å². The van der Waals surface area contributed by atoms with Crippen molar-refractivity contribution in [2.75, 3.05) is 0 Å². The molecule has 0 aromatic rings. The summed E-state index contributed by atoms with van der Waals surface area (Å²) in [6.07, 6.45) is 30.5. The third kappa shape index (κ3) is 22.1. The number of hydrogen-bond donors (Lipinski definition) is 3. The first-order chi connectivity index (χ1) is 16.0. The van der Waals surface area contributed by atoms with Gasteiger partial charge in [0.25, 0.3) is 0 Å². The van der Waals surface area contributed by atoms with Crippen molar-refractivity contribution in [1.29, 1.82) is 0 Å². The number of carbonyl (C=O) groups excluding carboxylic acids is 2. The number of allylic oxidation sites excluding steroid dienone is 10.